The second kappa shape index (κ2) is 22.9. The molecule has 4 atom stereocenters. The van der Waals surface area contributed by atoms with Gasteiger partial charge in [-0.2, -0.15) is 8.78 Å². The van der Waals surface area contributed by atoms with Crippen LogP contribution in [0.15, 0.2) is 102 Å². The monoisotopic (exact) mass is 1140 g/mol. The normalized spacial score (nSPS) is 18.2. The summed E-state index contributed by atoms with van der Waals surface area (Å²) >= 11 is 4.38. The zero-order valence-electron chi connectivity index (χ0n) is 41.5. The van der Waals surface area contributed by atoms with E-state index >= 15 is 9.59 Å². The van der Waals surface area contributed by atoms with Gasteiger partial charge in [-0.3, -0.25) is 43.4 Å². The van der Waals surface area contributed by atoms with Crippen molar-refractivity contribution in [3.05, 3.63) is 134 Å². The lowest BCUT2D eigenvalue weighted by atomic mass is 9.85. The van der Waals surface area contributed by atoms with Crippen LogP contribution in [-0.2, 0) is 52.1 Å². The Morgan fingerprint density at radius 1 is 0.987 bits per heavy atom. The number of alkyl halides is 2. The molecule has 0 saturated carbocycles. The summed E-state index contributed by atoms with van der Waals surface area (Å²) in [5.74, 6) is 2.74. The SMILES string of the molecule is CC(C)(C)C(NC(=O)c1cc2cc(C(F)(F)P(=O)(O)O)ccc2s1)C(=O)N1C[C@H](OCc2ccccc2)C[C@H]1C(=O)N(CCC(=O)NCCC#Cc1cccc2c1CN(C1CCC(=O)NC1=O)C2=O)c1ccc(Br)cc1. The van der Waals surface area contributed by atoms with E-state index in [-0.39, 0.29) is 92.9 Å². The topological polar surface area (TPSA) is 232 Å². The van der Waals surface area contributed by atoms with E-state index in [1.54, 1.807) is 63.2 Å². The molecule has 0 radical (unpaired) electrons. The number of thiophene rings is 1. The molecule has 3 aliphatic heterocycles. The molecule has 2 fully saturated rings. The van der Waals surface area contributed by atoms with Crippen LogP contribution < -0.4 is 20.9 Å². The minimum atomic E-state index is -5.87. The summed E-state index contributed by atoms with van der Waals surface area (Å²) < 4.78 is 48.3. The third kappa shape index (κ3) is 12.4. The number of fused-ring (bicyclic) bond motifs is 2. The number of benzene rings is 4. The number of rotatable bonds is 16. The van der Waals surface area contributed by atoms with Crippen LogP contribution in [0.3, 0.4) is 0 Å². The van der Waals surface area contributed by atoms with Gasteiger partial charge in [-0.25, -0.2) is 0 Å². The molecule has 0 spiro atoms. The molecule has 3 aliphatic rings. The molecule has 76 heavy (non-hydrogen) atoms. The molecule has 4 aromatic carbocycles. The van der Waals surface area contributed by atoms with Crippen molar-refractivity contribution in [1.82, 2.24) is 25.8 Å². The van der Waals surface area contributed by atoms with Crippen molar-refractivity contribution in [3.63, 3.8) is 0 Å². The lowest BCUT2D eigenvalue weighted by molar-refractivity contribution is -0.141. The number of ether oxygens (including phenoxy) is 1. The molecule has 1 aromatic heterocycles. The summed E-state index contributed by atoms with van der Waals surface area (Å²) in [4.78, 5) is 118. The van der Waals surface area contributed by atoms with E-state index in [2.05, 4.69) is 43.7 Å². The van der Waals surface area contributed by atoms with Crippen molar-refractivity contribution >= 4 is 92.0 Å². The van der Waals surface area contributed by atoms with Crippen molar-refractivity contribution in [2.45, 2.75) is 95.9 Å². The van der Waals surface area contributed by atoms with E-state index in [4.69, 9.17) is 4.74 Å². The quantitative estimate of drug-likeness (QED) is 0.0293. The largest absolute Gasteiger partial charge is 0.399 e. The first-order valence-electron chi connectivity index (χ1n) is 24.3. The molecule has 7 amide bonds. The Hall–Kier alpha value is -6.66. The van der Waals surface area contributed by atoms with Gasteiger partial charge in [0.2, 0.25) is 29.5 Å². The molecule has 4 heterocycles. The molecule has 2 unspecified atom stereocenters. The smallest absolute Gasteiger partial charge is 0.372 e. The number of carbonyl (C=O) groups excluding carboxylic acids is 7. The van der Waals surface area contributed by atoms with Crippen LogP contribution in [0.1, 0.15) is 95.2 Å². The second-order valence-electron chi connectivity index (χ2n) is 19.7. The molecule has 17 nitrogen and oxygen atoms in total. The van der Waals surface area contributed by atoms with Gasteiger partial charge < -0.3 is 39.9 Å². The average Bonchev–Trinajstić information content (AvgIpc) is 4.10. The maximum absolute atomic E-state index is 15.1. The van der Waals surface area contributed by atoms with Crippen molar-refractivity contribution in [3.8, 4) is 11.8 Å². The van der Waals surface area contributed by atoms with E-state index in [1.165, 1.54) is 26.8 Å². The first-order valence-corrected chi connectivity index (χ1v) is 27.6. The van der Waals surface area contributed by atoms with Crippen molar-refractivity contribution < 1.29 is 61.4 Å². The van der Waals surface area contributed by atoms with Crippen molar-refractivity contribution in [1.29, 1.82) is 0 Å². The van der Waals surface area contributed by atoms with E-state index in [0.717, 1.165) is 33.5 Å². The Kier molecular flexibility index (Phi) is 16.7. The lowest BCUT2D eigenvalue weighted by Gasteiger charge is -2.36. The van der Waals surface area contributed by atoms with E-state index < -0.39 is 72.1 Å². The first kappa shape index (κ1) is 55.6. The Bertz CT molecular complexity index is 3210. The summed E-state index contributed by atoms with van der Waals surface area (Å²) in [6.07, 6.45) is -0.0838. The van der Waals surface area contributed by atoms with E-state index in [0.29, 0.717) is 27.1 Å². The summed E-state index contributed by atoms with van der Waals surface area (Å²) in [6.45, 7) is 5.59. The maximum Gasteiger partial charge on any atom is 0.399 e. The number of piperidine rings is 1. The van der Waals surface area contributed by atoms with Gasteiger partial charge in [0, 0.05) is 83.4 Å². The summed E-state index contributed by atoms with van der Waals surface area (Å²) in [5.41, 5.74) is -3.33. The Labute approximate surface area is 449 Å². The van der Waals surface area contributed by atoms with Crippen LogP contribution in [0.2, 0.25) is 0 Å². The molecule has 5 aromatic rings. The number of likely N-dealkylation sites (tertiary alicyclic amines) is 1. The molecule has 8 rings (SSSR count). The number of carbonyl (C=O) groups is 7. The van der Waals surface area contributed by atoms with Crippen molar-refractivity contribution in [2.75, 3.05) is 24.5 Å². The van der Waals surface area contributed by atoms with Gasteiger partial charge in [0.1, 0.15) is 18.1 Å². The van der Waals surface area contributed by atoms with Gasteiger partial charge in [0.05, 0.1) is 17.6 Å². The first-order chi connectivity index (χ1) is 36.0. The zero-order valence-corrected chi connectivity index (χ0v) is 44.8. The number of imide groups is 1. The van der Waals surface area contributed by atoms with Gasteiger partial charge in [-0.05, 0) is 82.9 Å². The van der Waals surface area contributed by atoms with Crippen LogP contribution >= 0.6 is 34.9 Å². The van der Waals surface area contributed by atoms with E-state index in [9.17, 15) is 47.1 Å². The number of hydrogen-bond acceptors (Lipinski definition) is 10. The highest BCUT2D eigenvalue weighted by Gasteiger charge is 2.51. The van der Waals surface area contributed by atoms with Crippen LogP contribution in [0.4, 0.5) is 14.5 Å². The summed E-state index contributed by atoms with van der Waals surface area (Å²) in [5, 5.41) is 8.11. The third-order valence-corrected chi connectivity index (χ3v) is 16.0. The Morgan fingerprint density at radius 3 is 2.42 bits per heavy atom. The molecular formula is C54H54BrF2N6O11PS. The fourth-order valence-corrected chi connectivity index (χ4v) is 11.0. The number of hydrogen-bond donors (Lipinski definition) is 5. The van der Waals surface area contributed by atoms with Gasteiger partial charge in [-0.1, -0.05) is 91.0 Å². The molecule has 398 valence electrons. The van der Waals surface area contributed by atoms with Gasteiger partial charge in [0.25, 0.3) is 11.8 Å². The Morgan fingerprint density at radius 2 is 1.72 bits per heavy atom. The molecule has 0 aliphatic carbocycles. The zero-order chi connectivity index (χ0) is 54.7. The highest BCUT2D eigenvalue weighted by atomic mass is 79.9. The third-order valence-electron chi connectivity index (χ3n) is 13.3. The van der Waals surface area contributed by atoms with Crippen molar-refractivity contribution in [2.24, 2.45) is 5.41 Å². The maximum atomic E-state index is 15.1. The second-order valence-corrected chi connectivity index (χ2v) is 23.4. The highest BCUT2D eigenvalue weighted by molar-refractivity contribution is 9.10. The van der Waals surface area contributed by atoms with Crippen LogP contribution in [-0.4, -0.2) is 105 Å². The number of halogens is 3. The minimum Gasteiger partial charge on any atom is -0.372 e. The van der Waals surface area contributed by atoms with Crippen LogP contribution in [0.5, 0.6) is 0 Å². The molecular weight excluding hydrogens is 1090 g/mol. The molecule has 2 saturated heterocycles. The fourth-order valence-electron chi connectivity index (χ4n) is 9.31. The standard InChI is InChI=1S/C54H54BrF2N6O11PS/c1-53(2,3)47(60-49(67)44-27-34-26-35(15-21-43(34)76-44)54(56,57)75(71,72)73)52(70)62-29-38(74-31-32-10-5-4-6-11-32)28-42(62)51(69)61(37-18-16-36(55)17-19-37)25-23-45(64)58-24-8-7-12-33-13-9-14-39-40(33)30-63(50(39)68)41-20-22-46(65)59-48(41)66/h4-6,9-11,13-19,21,26-27,38,41-42,47H,8,20,22-25,28-31H2,1-3H3,(H,58,64)(H,60,67)(H,59,65,66)(H2,71,72,73)/t38-,41?,42+,47?/m1/s1. The molecule has 5 N–H and O–H groups in total. The van der Waals surface area contributed by atoms with E-state index in [1.807, 2.05) is 30.3 Å². The fraction of sp³-hybridized carbons (Fsp3) is 0.352. The van der Waals surface area contributed by atoms with Crippen LogP contribution in [0, 0.1) is 17.3 Å². The van der Waals surface area contributed by atoms with Gasteiger partial charge in [-0.15, -0.1) is 11.3 Å². The predicted octanol–water partition coefficient (Wildman–Crippen LogP) is 6.96. The summed E-state index contributed by atoms with van der Waals surface area (Å²) in [7, 11) is -5.87. The van der Waals surface area contributed by atoms with Crippen LogP contribution in [0.25, 0.3) is 10.1 Å². The number of anilines is 1. The lowest BCUT2D eigenvalue weighted by Crippen LogP contribution is -2.58. The number of amides is 7. The highest BCUT2D eigenvalue weighted by Crippen LogP contribution is 2.59. The minimum absolute atomic E-state index is 0.0279. The number of nitrogens with one attached hydrogen (secondary N) is 3. The van der Waals surface area contributed by atoms with Gasteiger partial charge >= 0.3 is 13.3 Å². The summed E-state index contributed by atoms with van der Waals surface area (Å²) in [6, 6.07) is 22.6. The molecule has 22 heteroatoms. The average molecular weight is 1140 g/mol. The van der Waals surface area contributed by atoms with Gasteiger partial charge in [0.15, 0.2) is 0 Å². The predicted molar refractivity (Wildman–Crippen MR) is 282 cm³/mol. The molecule has 0 bridgehead atoms. The Balaban J connectivity index is 0.970. The number of nitrogens with zero attached hydrogens (tertiary/aromatic N) is 3.